The van der Waals surface area contributed by atoms with E-state index in [9.17, 15) is 4.79 Å². The summed E-state index contributed by atoms with van der Waals surface area (Å²) in [4.78, 5) is 17.3. The second-order valence-corrected chi connectivity index (χ2v) is 7.17. The van der Waals surface area contributed by atoms with Crippen LogP contribution in [0.3, 0.4) is 0 Å². The molecular weight excluding hydrogens is 348 g/mol. The number of carbonyl (C=O) groups is 1. The van der Waals surface area contributed by atoms with Crippen molar-refractivity contribution in [2.45, 2.75) is 19.4 Å². The molecule has 0 bridgehead atoms. The number of amides is 1. The summed E-state index contributed by atoms with van der Waals surface area (Å²) < 4.78 is 6.09. The number of hydrogen-bond donors (Lipinski definition) is 0. The van der Waals surface area contributed by atoms with E-state index in [4.69, 9.17) is 4.74 Å². The van der Waals surface area contributed by atoms with Crippen molar-refractivity contribution >= 4 is 22.4 Å². The zero-order valence-corrected chi connectivity index (χ0v) is 16.3. The first-order valence-electron chi connectivity index (χ1n) is 9.99. The van der Waals surface area contributed by atoms with Crippen LogP contribution in [0.4, 0.5) is 5.69 Å². The molecule has 0 saturated carbocycles. The molecule has 1 unspecified atom stereocenters. The summed E-state index contributed by atoms with van der Waals surface area (Å²) >= 11 is 0. The highest BCUT2D eigenvalue weighted by atomic mass is 16.5. The molecule has 4 heteroatoms. The Labute approximate surface area is 166 Å². The molecule has 1 aliphatic rings. The largest absolute Gasteiger partial charge is 0.481 e. The average molecular weight is 374 g/mol. The quantitative estimate of drug-likeness (QED) is 0.666. The lowest BCUT2D eigenvalue weighted by Gasteiger charge is -2.37. The van der Waals surface area contributed by atoms with E-state index in [0.29, 0.717) is 6.42 Å². The summed E-state index contributed by atoms with van der Waals surface area (Å²) in [6.07, 6.45) is 0.217. The SMILES string of the molecule is CCC(Oc1ccc2ccccc2c1)C(=O)N1CCN(c2ccccc2)CC1. The van der Waals surface area contributed by atoms with E-state index in [1.807, 2.05) is 48.2 Å². The van der Waals surface area contributed by atoms with Gasteiger partial charge in [-0.1, -0.05) is 55.5 Å². The second kappa shape index (κ2) is 8.34. The normalized spacial score (nSPS) is 15.5. The van der Waals surface area contributed by atoms with Crippen molar-refractivity contribution in [3.8, 4) is 5.75 Å². The minimum absolute atomic E-state index is 0.0865. The summed E-state index contributed by atoms with van der Waals surface area (Å²) in [7, 11) is 0. The first kappa shape index (κ1) is 18.4. The zero-order valence-electron chi connectivity index (χ0n) is 16.3. The van der Waals surface area contributed by atoms with Gasteiger partial charge in [0, 0.05) is 31.9 Å². The first-order chi connectivity index (χ1) is 13.7. The second-order valence-electron chi connectivity index (χ2n) is 7.17. The van der Waals surface area contributed by atoms with Crippen LogP contribution >= 0.6 is 0 Å². The predicted molar refractivity (Wildman–Crippen MR) is 114 cm³/mol. The van der Waals surface area contributed by atoms with E-state index < -0.39 is 6.10 Å². The topological polar surface area (TPSA) is 32.8 Å². The third-order valence-corrected chi connectivity index (χ3v) is 5.36. The Hall–Kier alpha value is -3.01. The number of para-hydroxylation sites is 1. The maximum absolute atomic E-state index is 13.0. The van der Waals surface area contributed by atoms with Gasteiger partial charge in [0.25, 0.3) is 5.91 Å². The van der Waals surface area contributed by atoms with Crippen LogP contribution in [0, 0.1) is 0 Å². The molecule has 1 saturated heterocycles. The Morgan fingerprint density at radius 1 is 0.893 bits per heavy atom. The lowest BCUT2D eigenvalue weighted by atomic mass is 10.1. The van der Waals surface area contributed by atoms with Crippen LogP contribution < -0.4 is 9.64 Å². The van der Waals surface area contributed by atoms with Gasteiger partial charge >= 0.3 is 0 Å². The molecule has 1 amide bonds. The van der Waals surface area contributed by atoms with Crippen LogP contribution in [0.5, 0.6) is 5.75 Å². The van der Waals surface area contributed by atoms with E-state index in [1.165, 1.54) is 11.1 Å². The van der Waals surface area contributed by atoms with Gasteiger partial charge in [0.1, 0.15) is 5.75 Å². The molecule has 0 aliphatic carbocycles. The van der Waals surface area contributed by atoms with Crippen molar-refractivity contribution in [3.05, 3.63) is 72.8 Å². The summed E-state index contributed by atoms with van der Waals surface area (Å²) in [5.41, 5.74) is 1.22. The molecule has 0 radical (unpaired) electrons. The molecule has 1 atom stereocenters. The fraction of sp³-hybridized carbons (Fsp3) is 0.292. The van der Waals surface area contributed by atoms with Crippen LogP contribution in [0.25, 0.3) is 10.8 Å². The number of piperazine rings is 1. The van der Waals surface area contributed by atoms with Gasteiger partial charge in [-0.05, 0) is 41.5 Å². The lowest BCUT2D eigenvalue weighted by Crippen LogP contribution is -2.52. The van der Waals surface area contributed by atoms with Gasteiger partial charge in [-0.3, -0.25) is 4.79 Å². The van der Waals surface area contributed by atoms with Crippen LogP contribution in [0.2, 0.25) is 0 Å². The number of rotatable bonds is 5. The van der Waals surface area contributed by atoms with Crippen molar-refractivity contribution in [1.82, 2.24) is 4.90 Å². The molecule has 1 aliphatic heterocycles. The molecule has 28 heavy (non-hydrogen) atoms. The Kier molecular flexibility index (Phi) is 5.47. The molecule has 0 aromatic heterocycles. The van der Waals surface area contributed by atoms with E-state index in [-0.39, 0.29) is 5.91 Å². The molecule has 144 valence electrons. The summed E-state index contributed by atoms with van der Waals surface area (Å²) in [5, 5.41) is 2.30. The minimum atomic E-state index is -0.440. The fourth-order valence-corrected chi connectivity index (χ4v) is 3.74. The maximum Gasteiger partial charge on any atom is 0.263 e. The number of anilines is 1. The Morgan fingerprint density at radius 2 is 1.57 bits per heavy atom. The van der Waals surface area contributed by atoms with E-state index >= 15 is 0 Å². The molecule has 3 aromatic carbocycles. The van der Waals surface area contributed by atoms with Crippen molar-refractivity contribution < 1.29 is 9.53 Å². The average Bonchev–Trinajstić information content (AvgIpc) is 2.77. The Bertz CT molecular complexity index is 934. The number of hydrogen-bond acceptors (Lipinski definition) is 3. The van der Waals surface area contributed by atoms with Gasteiger partial charge in [0.15, 0.2) is 6.10 Å². The van der Waals surface area contributed by atoms with Crippen LogP contribution in [0.1, 0.15) is 13.3 Å². The highest BCUT2D eigenvalue weighted by Crippen LogP contribution is 2.23. The molecule has 0 N–H and O–H groups in total. The monoisotopic (exact) mass is 374 g/mol. The molecule has 4 nitrogen and oxygen atoms in total. The minimum Gasteiger partial charge on any atom is -0.481 e. The first-order valence-corrected chi connectivity index (χ1v) is 9.99. The predicted octanol–water partition coefficient (Wildman–Crippen LogP) is 4.35. The van der Waals surface area contributed by atoms with Gasteiger partial charge < -0.3 is 14.5 Å². The van der Waals surface area contributed by atoms with Gasteiger partial charge in [-0.15, -0.1) is 0 Å². The lowest BCUT2D eigenvalue weighted by molar-refractivity contribution is -0.139. The van der Waals surface area contributed by atoms with Crippen molar-refractivity contribution in [1.29, 1.82) is 0 Å². The zero-order chi connectivity index (χ0) is 19.3. The van der Waals surface area contributed by atoms with Gasteiger partial charge in [0.05, 0.1) is 0 Å². The molecule has 4 rings (SSSR count). The van der Waals surface area contributed by atoms with Gasteiger partial charge in [0.2, 0.25) is 0 Å². The molecule has 1 heterocycles. The van der Waals surface area contributed by atoms with Crippen molar-refractivity contribution in [2.75, 3.05) is 31.1 Å². The van der Waals surface area contributed by atoms with E-state index in [0.717, 1.165) is 37.3 Å². The van der Waals surface area contributed by atoms with Crippen molar-refractivity contribution in [2.24, 2.45) is 0 Å². The third-order valence-electron chi connectivity index (χ3n) is 5.36. The van der Waals surface area contributed by atoms with Crippen LogP contribution in [-0.2, 0) is 4.79 Å². The van der Waals surface area contributed by atoms with Crippen LogP contribution in [-0.4, -0.2) is 43.1 Å². The third kappa shape index (κ3) is 3.96. The summed E-state index contributed by atoms with van der Waals surface area (Å²) in [6, 6.07) is 24.6. The molecular formula is C24H26N2O2. The van der Waals surface area contributed by atoms with Gasteiger partial charge in [-0.2, -0.15) is 0 Å². The fourth-order valence-electron chi connectivity index (χ4n) is 3.74. The van der Waals surface area contributed by atoms with Crippen LogP contribution in [0.15, 0.2) is 72.8 Å². The van der Waals surface area contributed by atoms with E-state index in [2.05, 4.69) is 41.3 Å². The Morgan fingerprint density at radius 3 is 2.29 bits per heavy atom. The summed E-state index contributed by atoms with van der Waals surface area (Å²) in [6.45, 7) is 5.16. The highest BCUT2D eigenvalue weighted by molar-refractivity contribution is 5.84. The van der Waals surface area contributed by atoms with Crippen molar-refractivity contribution in [3.63, 3.8) is 0 Å². The highest BCUT2D eigenvalue weighted by Gasteiger charge is 2.28. The summed E-state index contributed by atoms with van der Waals surface area (Å²) in [5.74, 6) is 0.838. The number of benzene rings is 3. The van der Waals surface area contributed by atoms with Gasteiger partial charge in [-0.25, -0.2) is 0 Å². The van der Waals surface area contributed by atoms with E-state index in [1.54, 1.807) is 0 Å². The molecule has 3 aromatic rings. The number of carbonyl (C=O) groups excluding carboxylic acids is 1. The molecule has 1 fully saturated rings. The number of ether oxygens (including phenoxy) is 1. The smallest absolute Gasteiger partial charge is 0.263 e. The number of fused-ring (bicyclic) bond motifs is 1. The number of nitrogens with zero attached hydrogens (tertiary/aromatic N) is 2. The maximum atomic E-state index is 13.0. The Balaban J connectivity index is 1.40. The molecule has 0 spiro atoms. The standard InChI is InChI=1S/C24H26N2O2/c1-2-23(28-22-13-12-19-8-6-7-9-20(19)18-22)24(27)26-16-14-25(15-17-26)21-10-4-3-5-11-21/h3-13,18,23H,2,14-17H2,1H3.